The Kier molecular flexibility index (Phi) is 2.68. The molecule has 0 N–H and O–H groups in total. The number of nitro benzene ring substituents is 1. The van der Waals surface area contributed by atoms with Crippen molar-refractivity contribution in [3.05, 3.63) is 38.4 Å². The van der Waals surface area contributed by atoms with E-state index in [9.17, 15) is 14.9 Å². The molecular weight excluding hydrogens is 230 g/mol. The number of carbonyl (C=O) groups is 1. The lowest BCUT2D eigenvalue weighted by Crippen LogP contribution is -2.05. The smallest absolute Gasteiger partial charge is 0.288 e. The van der Waals surface area contributed by atoms with Crippen molar-refractivity contribution in [2.75, 3.05) is 0 Å². The summed E-state index contributed by atoms with van der Waals surface area (Å²) in [5.41, 5.74) is 0.933. The van der Waals surface area contributed by atoms with Gasteiger partial charge in [-0.05, 0) is 31.4 Å². The monoisotopic (exact) mass is 239 g/mol. The Hall–Kier alpha value is -1.42. The zero-order valence-corrected chi connectivity index (χ0v) is 9.45. The van der Waals surface area contributed by atoms with Crippen LogP contribution in [0.1, 0.15) is 28.8 Å². The standard InChI is InChI=1S/C11H10ClNO3/c1-6-4-9(12)10(13(15)16)5-8(6)11(14)7-2-3-7/h4-5,7H,2-3H2,1H3. The second-order valence-electron chi connectivity index (χ2n) is 4.01. The van der Waals surface area contributed by atoms with Crippen molar-refractivity contribution in [1.29, 1.82) is 0 Å². The molecule has 1 aliphatic rings. The van der Waals surface area contributed by atoms with Crippen molar-refractivity contribution in [1.82, 2.24) is 0 Å². The number of rotatable bonds is 3. The Balaban J connectivity index is 2.48. The van der Waals surface area contributed by atoms with Crippen LogP contribution < -0.4 is 0 Å². The van der Waals surface area contributed by atoms with Crippen LogP contribution in [0.5, 0.6) is 0 Å². The van der Waals surface area contributed by atoms with E-state index in [4.69, 9.17) is 11.6 Å². The van der Waals surface area contributed by atoms with Crippen LogP contribution >= 0.6 is 11.6 Å². The molecule has 0 bridgehead atoms. The number of hydrogen-bond donors (Lipinski definition) is 0. The van der Waals surface area contributed by atoms with Gasteiger partial charge in [0.15, 0.2) is 5.78 Å². The van der Waals surface area contributed by atoms with Gasteiger partial charge in [0, 0.05) is 17.5 Å². The van der Waals surface area contributed by atoms with Gasteiger partial charge in [0.2, 0.25) is 0 Å². The number of nitro groups is 1. The number of carbonyl (C=O) groups excluding carboxylic acids is 1. The highest BCUT2D eigenvalue weighted by atomic mass is 35.5. The molecule has 5 heteroatoms. The molecule has 4 nitrogen and oxygen atoms in total. The lowest BCUT2D eigenvalue weighted by molar-refractivity contribution is -0.384. The average Bonchev–Trinajstić information content (AvgIpc) is 2.99. The predicted molar refractivity (Wildman–Crippen MR) is 59.9 cm³/mol. The van der Waals surface area contributed by atoms with E-state index in [0.29, 0.717) is 11.1 Å². The van der Waals surface area contributed by atoms with E-state index in [1.165, 1.54) is 12.1 Å². The van der Waals surface area contributed by atoms with Crippen molar-refractivity contribution in [3.63, 3.8) is 0 Å². The molecule has 0 aromatic heterocycles. The van der Waals surface area contributed by atoms with Crippen molar-refractivity contribution < 1.29 is 9.72 Å². The first-order valence-electron chi connectivity index (χ1n) is 4.99. The summed E-state index contributed by atoms with van der Waals surface area (Å²) in [7, 11) is 0. The highest BCUT2D eigenvalue weighted by molar-refractivity contribution is 6.33. The third-order valence-corrected chi connectivity index (χ3v) is 3.01. The maximum Gasteiger partial charge on any atom is 0.288 e. The van der Waals surface area contributed by atoms with Gasteiger partial charge in [0.1, 0.15) is 5.02 Å². The summed E-state index contributed by atoms with van der Waals surface area (Å²) in [6.45, 7) is 1.74. The molecule has 0 unspecified atom stereocenters. The van der Waals surface area contributed by atoms with Crippen molar-refractivity contribution in [2.45, 2.75) is 19.8 Å². The molecule has 2 rings (SSSR count). The van der Waals surface area contributed by atoms with Crippen molar-refractivity contribution in [3.8, 4) is 0 Å². The van der Waals surface area contributed by atoms with Crippen molar-refractivity contribution >= 4 is 23.1 Å². The minimum absolute atomic E-state index is 0.00253. The van der Waals surface area contributed by atoms with Crippen LogP contribution in [0.4, 0.5) is 5.69 Å². The minimum atomic E-state index is -0.564. The molecule has 1 fully saturated rings. The Morgan fingerprint density at radius 2 is 2.12 bits per heavy atom. The lowest BCUT2D eigenvalue weighted by atomic mass is 10.0. The molecule has 0 amide bonds. The number of nitrogens with zero attached hydrogens (tertiary/aromatic N) is 1. The second-order valence-corrected chi connectivity index (χ2v) is 4.42. The quantitative estimate of drug-likeness (QED) is 0.462. The van der Waals surface area contributed by atoms with E-state index in [-0.39, 0.29) is 22.4 Å². The summed E-state index contributed by atoms with van der Waals surface area (Å²) in [6, 6.07) is 2.77. The zero-order chi connectivity index (χ0) is 11.9. The minimum Gasteiger partial charge on any atom is -0.294 e. The fraction of sp³-hybridized carbons (Fsp3) is 0.364. The van der Waals surface area contributed by atoms with Crippen LogP contribution in [0.2, 0.25) is 5.02 Å². The number of ketones is 1. The molecule has 0 radical (unpaired) electrons. The summed E-state index contributed by atoms with van der Waals surface area (Å²) in [5.74, 6) is 0.0525. The fourth-order valence-corrected chi connectivity index (χ4v) is 1.92. The third-order valence-electron chi connectivity index (χ3n) is 2.70. The van der Waals surface area contributed by atoms with Gasteiger partial charge in [-0.3, -0.25) is 14.9 Å². The van der Waals surface area contributed by atoms with Crippen LogP contribution in [0, 0.1) is 23.0 Å². The molecule has 0 saturated heterocycles. The van der Waals surface area contributed by atoms with Gasteiger partial charge < -0.3 is 0 Å². The van der Waals surface area contributed by atoms with E-state index < -0.39 is 4.92 Å². The van der Waals surface area contributed by atoms with Gasteiger partial charge in [0.25, 0.3) is 5.69 Å². The number of Topliss-reactive ketones (excluding diaryl/α,β-unsaturated/α-hetero) is 1. The van der Waals surface area contributed by atoms with E-state index in [1.807, 2.05) is 0 Å². The average molecular weight is 240 g/mol. The highest BCUT2D eigenvalue weighted by Gasteiger charge is 2.32. The van der Waals surface area contributed by atoms with Crippen LogP contribution in [0.25, 0.3) is 0 Å². The fourth-order valence-electron chi connectivity index (χ4n) is 1.63. The number of halogens is 1. The Labute approximate surface area is 97.4 Å². The Morgan fingerprint density at radius 3 is 2.62 bits per heavy atom. The maximum absolute atomic E-state index is 11.8. The molecule has 1 aromatic carbocycles. The van der Waals surface area contributed by atoms with E-state index in [0.717, 1.165) is 12.8 Å². The normalized spacial score (nSPS) is 14.9. The largest absolute Gasteiger partial charge is 0.294 e. The molecule has 1 saturated carbocycles. The highest BCUT2D eigenvalue weighted by Crippen LogP contribution is 2.36. The summed E-state index contributed by atoms with van der Waals surface area (Å²) in [6.07, 6.45) is 1.77. The molecule has 0 spiro atoms. The van der Waals surface area contributed by atoms with E-state index >= 15 is 0 Å². The van der Waals surface area contributed by atoms with Gasteiger partial charge in [-0.1, -0.05) is 11.6 Å². The zero-order valence-electron chi connectivity index (χ0n) is 8.70. The number of aryl methyl sites for hydroxylation is 1. The first kappa shape index (κ1) is 11.1. The molecule has 84 valence electrons. The van der Waals surface area contributed by atoms with Crippen LogP contribution in [0.3, 0.4) is 0 Å². The van der Waals surface area contributed by atoms with Gasteiger partial charge >= 0.3 is 0 Å². The first-order chi connectivity index (χ1) is 7.50. The van der Waals surface area contributed by atoms with Crippen LogP contribution in [0.15, 0.2) is 12.1 Å². The van der Waals surface area contributed by atoms with Crippen LogP contribution in [-0.4, -0.2) is 10.7 Å². The summed E-state index contributed by atoms with van der Waals surface area (Å²) in [4.78, 5) is 22.0. The van der Waals surface area contributed by atoms with Gasteiger partial charge in [0.05, 0.1) is 4.92 Å². The Bertz CT molecular complexity index is 480. The van der Waals surface area contributed by atoms with Crippen molar-refractivity contribution in [2.24, 2.45) is 5.92 Å². The molecule has 0 atom stereocenters. The predicted octanol–water partition coefficient (Wildman–Crippen LogP) is 3.15. The lowest BCUT2D eigenvalue weighted by Gasteiger charge is -2.05. The van der Waals surface area contributed by atoms with Gasteiger partial charge in [-0.15, -0.1) is 0 Å². The first-order valence-corrected chi connectivity index (χ1v) is 5.37. The molecular formula is C11H10ClNO3. The maximum atomic E-state index is 11.8. The van der Waals surface area contributed by atoms with Gasteiger partial charge in [-0.2, -0.15) is 0 Å². The molecule has 1 aliphatic carbocycles. The number of benzene rings is 1. The Morgan fingerprint density at radius 1 is 1.50 bits per heavy atom. The molecule has 0 heterocycles. The SMILES string of the molecule is Cc1cc(Cl)c([N+](=O)[O-])cc1C(=O)C1CC1. The second kappa shape index (κ2) is 3.87. The topological polar surface area (TPSA) is 60.2 Å². The summed E-state index contributed by atoms with van der Waals surface area (Å²) >= 11 is 5.74. The summed E-state index contributed by atoms with van der Waals surface area (Å²) in [5, 5.41) is 10.8. The van der Waals surface area contributed by atoms with Gasteiger partial charge in [-0.25, -0.2) is 0 Å². The third kappa shape index (κ3) is 1.93. The molecule has 0 aliphatic heterocycles. The van der Waals surface area contributed by atoms with Crippen LogP contribution in [-0.2, 0) is 0 Å². The molecule has 1 aromatic rings. The van der Waals surface area contributed by atoms with E-state index in [1.54, 1.807) is 6.92 Å². The number of hydrogen-bond acceptors (Lipinski definition) is 3. The summed E-state index contributed by atoms with van der Waals surface area (Å²) < 4.78 is 0. The molecule has 16 heavy (non-hydrogen) atoms. The van der Waals surface area contributed by atoms with E-state index in [2.05, 4.69) is 0 Å².